The van der Waals surface area contributed by atoms with Crippen molar-refractivity contribution in [1.82, 2.24) is 20.4 Å². The SMILES string of the molecule is O=C(O)CN(CC1CC1)C1CC(NCc2cn[nH]c2-c2c(F)cccc2F)C1. The molecule has 28 heavy (non-hydrogen) atoms. The molecule has 2 aliphatic carbocycles. The third-order valence-corrected chi connectivity index (χ3v) is 5.67. The van der Waals surface area contributed by atoms with E-state index in [1.807, 2.05) is 0 Å². The van der Waals surface area contributed by atoms with E-state index in [4.69, 9.17) is 5.11 Å². The van der Waals surface area contributed by atoms with Gasteiger partial charge in [0.15, 0.2) is 0 Å². The molecule has 0 spiro atoms. The Hall–Kier alpha value is -2.32. The average molecular weight is 390 g/mol. The number of halogens is 2. The molecule has 0 unspecified atom stereocenters. The highest BCUT2D eigenvalue weighted by molar-refractivity contribution is 5.69. The number of aromatic nitrogens is 2. The van der Waals surface area contributed by atoms with Crippen molar-refractivity contribution in [3.63, 3.8) is 0 Å². The molecule has 0 atom stereocenters. The fourth-order valence-electron chi connectivity index (χ4n) is 3.85. The van der Waals surface area contributed by atoms with Crippen molar-refractivity contribution < 1.29 is 18.7 Å². The molecule has 2 saturated carbocycles. The zero-order chi connectivity index (χ0) is 19.7. The molecular weight excluding hydrogens is 366 g/mol. The third-order valence-electron chi connectivity index (χ3n) is 5.67. The smallest absolute Gasteiger partial charge is 0.317 e. The number of carboxylic acids is 1. The van der Waals surface area contributed by atoms with Crippen molar-refractivity contribution in [2.24, 2.45) is 5.92 Å². The number of benzene rings is 1. The maximum atomic E-state index is 14.1. The number of aromatic amines is 1. The largest absolute Gasteiger partial charge is 0.480 e. The molecule has 1 heterocycles. The van der Waals surface area contributed by atoms with Crippen LogP contribution in [0.25, 0.3) is 11.3 Å². The topological polar surface area (TPSA) is 81.2 Å². The van der Waals surface area contributed by atoms with Crippen molar-refractivity contribution >= 4 is 5.97 Å². The fourth-order valence-corrected chi connectivity index (χ4v) is 3.85. The fraction of sp³-hybridized carbons (Fsp3) is 0.500. The second-order valence-electron chi connectivity index (χ2n) is 7.84. The van der Waals surface area contributed by atoms with Gasteiger partial charge in [0.1, 0.15) is 11.6 Å². The molecule has 2 aliphatic rings. The quantitative estimate of drug-likeness (QED) is 0.614. The molecule has 2 aromatic rings. The van der Waals surface area contributed by atoms with Crippen LogP contribution in [0.5, 0.6) is 0 Å². The van der Waals surface area contributed by atoms with Gasteiger partial charge in [-0.3, -0.25) is 14.8 Å². The molecule has 0 amide bonds. The van der Waals surface area contributed by atoms with E-state index in [0.717, 1.165) is 19.4 Å². The predicted molar refractivity (Wildman–Crippen MR) is 99.5 cm³/mol. The lowest BCUT2D eigenvalue weighted by Gasteiger charge is -2.43. The standard InChI is InChI=1S/C20H24F2N4O2/c21-16-2-1-3-17(22)19(16)20-13(9-24-25-20)8-23-14-6-15(7-14)26(11-18(27)28)10-12-4-5-12/h1-3,9,12,14-15,23H,4-8,10-11H2,(H,24,25)(H,27,28). The van der Waals surface area contributed by atoms with E-state index in [1.165, 1.54) is 31.0 Å². The van der Waals surface area contributed by atoms with Gasteiger partial charge in [0.25, 0.3) is 0 Å². The lowest BCUT2D eigenvalue weighted by molar-refractivity contribution is -0.139. The van der Waals surface area contributed by atoms with E-state index in [-0.39, 0.29) is 24.2 Å². The van der Waals surface area contributed by atoms with E-state index in [1.54, 1.807) is 6.20 Å². The van der Waals surface area contributed by atoms with Gasteiger partial charge in [0.05, 0.1) is 24.0 Å². The highest BCUT2D eigenvalue weighted by atomic mass is 19.1. The molecule has 0 aliphatic heterocycles. The summed E-state index contributed by atoms with van der Waals surface area (Å²) in [6.45, 7) is 1.40. The summed E-state index contributed by atoms with van der Waals surface area (Å²) in [7, 11) is 0. The van der Waals surface area contributed by atoms with Gasteiger partial charge in [-0.25, -0.2) is 8.78 Å². The number of rotatable bonds is 9. The van der Waals surface area contributed by atoms with Crippen LogP contribution in [0.1, 0.15) is 31.2 Å². The minimum Gasteiger partial charge on any atom is -0.480 e. The second kappa shape index (κ2) is 7.97. The zero-order valence-corrected chi connectivity index (χ0v) is 15.5. The Balaban J connectivity index is 1.33. The molecule has 1 aromatic heterocycles. The predicted octanol–water partition coefficient (Wildman–Crippen LogP) is 2.77. The van der Waals surface area contributed by atoms with E-state index >= 15 is 0 Å². The summed E-state index contributed by atoms with van der Waals surface area (Å²) in [5, 5.41) is 19.2. The highest BCUT2D eigenvalue weighted by Crippen LogP contribution is 2.34. The molecule has 3 N–H and O–H groups in total. The Kier molecular flexibility index (Phi) is 5.41. The summed E-state index contributed by atoms with van der Waals surface area (Å²) in [6.07, 6.45) is 5.72. The molecule has 0 radical (unpaired) electrons. The molecule has 6 nitrogen and oxygen atoms in total. The summed E-state index contributed by atoms with van der Waals surface area (Å²) in [5.74, 6) is -1.39. The number of hydrogen-bond acceptors (Lipinski definition) is 4. The Morgan fingerprint density at radius 2 is 2.00 bits per heavy atom. The number of carbonyl (C=O) groups is 1. The van der Waals surface area contributed by atoms with Gasteiger partial charge in [-0.2, -0.15) is 5.10 Å². The zero-order valence-electron chi connectivity index (χ0n) is 15.5. The number of H-pyrrole nitrogens is 1. The van der Waals surface area contributed by atoms with Crippen LogP contribution >= 0.6 is 0 Å². The molecule has 0 saturated heterocycles. The number of nitrogens with zero attached hydrogens (tertiary/aromatic N) is 2. The summed E-state index contributed by atoms with van der Waals surface area (Å²) >= 11 is 0. The summed E-state index contributed by atoms with van der Waals surface area (Å²) in [6, 6.07) is 4.32. The average Bonchev–Trinajstić information content (AvgIpc) is 3.29. The van der Waals surface area contributed by atoms with Gasteiger partial charge >= 0.3 is 5.97 Å². The van der Waals surface area contributed by atoms with Crippen LogP contribution in [-0.4, -0.2) is 51.3 Å². The van der Waals surface area contributed by atoms with Gasteiger partial charge in [-0.05, 0) is 43.7 Å². The molecule has 8 heteroatoms. The van der Waals surface area contributed by atoms with Crippen LogP contribution in [0.2, 0.25) is 0 Å². The van der Waals surface area contributed by atoms with Crippen LogP contribution < -0.4 is 5.32 Å². The van der Waals surface area contributed by atoms with Gasteiger partial charge in [0, 0.05) is 30.7 Å². The van der Waals surface area contributed by atoms with Crippen molar-refractivity contribution in [2.45, 2.75) is 44.3 Å². The Morgan fingerprint density at radius 3 is 2.64 bits per heavy atom. The van der Waals surface area contributed by atoms with Gasteiger partial charge in [-0.15, -0.1) is 0 Å². The summed E-state index contributed by atoms with van der Waals surface area (Å²) in [5.41, 5.74) is 0.952. The van der Waals surface area contributed by atoms with E-state index in [2.05, 4.69) is 20.4 Å². The summed E-state index contributed by atoms with van der Waals surface area (Å²) < 4.78 is 28.1. The van der Waals surface area contributed by atoms with Crippen molar-refractivity contribution in [1.29, 1.82) is 0 Å². The third kappa shape index (κ3) is 4.23. The lowest BCUT2D eigenvalue weighted by atomic mass is 9.85. The van der Waals surface area contributed by atoms with E-state index < -0.39 is 17.6 Å². The Labute approximate surface area is 161 Å². The Bertz CT molecular complexity index is 826. The first-order valence-electron chi connectivity index (χ1n) is 9.67. The molecule has 4 rings (SSSR count). The maximum absolute atomic E-state index is 14.1. The van der Waals surface area contributed by atoms with E-state index in [9.17, 15) is 13.6 Å². The molecule has 150 valence electrons. The Morgan fingerprint density at radius 1 is 1.29 bits per heavy atom. The van der Waals surface area contributed by atoms with Crippen molar-refractivity contribution in [2.75, 3.05) is 13.1 Å². The molecule has 1 aromatic carbocycles. The second-order valence-corrected chi connectivity index (χ2v) is 7.84. The number of nitrogens with one attached hydrogen (secondary N) is 2. The number of hydrogen-bond donors (Lipinski definition) is 3. The first-order valence-corrected chi connectivity index (χ1v) is 9.67. The van der Waals surface area contributed by atoms with Crippen molar-refractivity contribution in [3.05, 3.63) is 41.6 Å². The number of aliphatic carboxylic acids is 1. The monoisotopic (exact) mass is 390 g/mol. The van der Waals surface area contributed by atoms with E-state index in [0.29, 0.717) is 23.7 Å². The van der Waals surface area contributed by atoms with Gasteiger partial charge in [0.2, 0.25) is 0 Å². The molecule has 2 fully saturated rings. The molecular formula is C20H24F2N4O2. The first-order chi connectivity index (χ1) is 13.5. The van der Waals surface area contributed by atoms with Crippen LogP contribution in [0.3, 0.4) is 0 Å². The first kappa shape index (κ1) is 19.0. The number of carboxylic acid groups (broad SMARTS) is 1. The van der Waals surface area contributed by atoms with Gasteiger partial charge < -0.3 is 10.4 Å². The van der Waals surface area contributed by atoms with Crippen LogP contribution in [0.4, 0.5) is 8.78 Å². The van der Waals surface area contributed by atoms with Crippen molar-refractivity contribution in [3.8, 4) is 11.3 Å². The minimum atomic E-state index is -0.785. The van der Waals surface area contributed by atoms with Crippen LogP contribution in [0, 0.1) is 17.6 Å². The normalized spacial score (nSPS) is 21.7. The van der Waals surface area contributed by atoms with Crippen LogP contribution in [-0.2, 0) is 11.3 Å². The lowest BCUT2D eigenvalue weighted by Crippen LogP contribution is -2.54. The minimum absolute atomic E-state index is 0.0896. The maximum Gasteiger partial charge on any atom is 0.317 e. The van der Waals surface area contributed by atoms with Gasteiger partial charge in [-0.1, -0.05) is 6.07 Å². The molecule has 0 bridgehead atoms. The summed E-state index contributed by atoms with van der Waals surface area (Å²) in [4.78, 5) is 13.2. The van der Waals surface area contributed by atoms with Crippen LogP contribution in [0.15, 0.2) is 24.4 Å². The highest BCUT2D eigenvalue weighted by Gasteiger charge is 2.37.